The van der Waals surface area contributed by atoms with Gasteiger partial charge in [0.25, 0.3) is 0 Å². The molecular weight excluding hydrogens is 144 g/mol. The van der Waals surface area contributed by atoms with Crippen LogP contribution in [-0.4, -0.2) is 20.9 Å². The van der Waals surface area contributed by atoms with E-state index in [1.54, 1.807) is 16.9 Å². The molecule has 0 atom stereocenters. The predicted molar refractivity (Wildman–Crippen MR) is 38.2 cm³/mol. The number of nitrogens with zero attached hydrogens (tertiary/aromatic N) is 2. The van der Waals surface area contributed by atoms with Gasteiger partial charge in [-0.1, -0.05) is 6.08 Å². The van der Waals surface area contributed by atoms with E-state index >= 15 is 0 Å². The van der Waals surface area contributed by atoms with Crippen LogP contribution in [0, 0.1) is 0 Å². The van der Waals surface area contributed by atoms with Crippen molar-refractivity contribution < 1.29 is 9.90 Å². The fourth-order valence-corrected chi connectivity index (χ4v) is 1.09. The summed E-state index contributed by atoms with van der Waals surface area (Å²) >= 11 is 0. The molecule has 0 fully saturated rings. The van der Waals surface area contributed by atoms with E-state index in [1.807, 2.05) is 6.08 Å². The van der Waals surface area contributed by atoms with Crippen molar-refractivity contribution in [3.8, 4) is 0 Å². The van der Waals surface area contributed by atoms with Crippen molar-refractivity contribution in [1.82, 2.24) is 9.78 Å². The van der Waals surface area contributed by atoms with E-state index < -0.39 is 5.97 Å². The average molecular weight is 150 g/mol. The molecule has 1 aromatic rings. The van der Waals surface area contributed by atoms with E-state index in [0.717, 1.165) is 12.1 Å². The van der Waals surface area contributed by atoms with Crippen LogP contribution in [0.2, 0.25) is 0 Å². The number of aromatic carboxylic acids is 1. The number of carboxylic acids is 1. The van der Waals surface area contributed by atoms with Crippen LogP contribution in [0.3, 0.4) is 0 Å². The van der Waals surface area contributed by atoms with Crippen molar-refractivity contribution in [2.45, 2.75) is 6.42 Å². The maximum Gasteiger partial charge on any atom is 0.356 e. The number of rotatable bonds is 1. The number of fused-ring (bicyclic) bond motifs is 1. The topological polar surface area (TPSA) is 55.1 Å². The van der Waals surface area contributed by atoms with Crippen LogP contribution >= 0.6 is 0 Å². The average Bonchev–Trinajstić information content (AvgIpc) is 2.40. The molecule has 2 rings (SSSR count). The van der Waals surface area contributed by atoms with Gasteiger partial charge >= 0.3 is 5.97 Å². The molecule has 0 unspecified atom stereocenters. The van der Waals surface area contributed by atoms with Crippen LogP contribution in [0.25, 0.3) is 6.20 Å². The Morgan fingerprint density at radius 2 is 2.55 bits per heavy atom. The van der Waals surface area contributed by atoms with E-state index in [1.165, 1.54) is 0 Å². The van der Waals surface area contributed by atoms with Gasteiger partial charge in [-0.15, -0.1) is 0 Å². The molecule has 0 aromatic carbocycles. The molecule has 0 bridgehead atoms. The third kappa shape index (κ3) is 0.832. The van der Waals surface area contributed by atoms with Crippen LogP contribution in [0.4, 0.5) is 0 Å². The Morgan fingerprint density at radius 3 is 3.18 bits per heavy atom. The van der Waals surface area contributed by atoms with Gasteiger partial charge in [-0.25, -0.2) is 9.48 Å². The SMILES string of the molecule is O=C(O)c1cc2n(n1)C=CC2. The molecule has 0 amide bonds. The van der Waals surface area contributed by atoms with Gasteiger partial charge < -0.3 is 5.11 Å². The molecule has 1 N–H and O–H groups in total. The second-order valence-electron chi connectivity index (χ2n) is 2.36. The highest BCUT2D eigenvalue weighted by atomic mass is 16.4. The number of carboxylic acid groups (broad SMARTS) is 1. The van der Waals surface area contributed by atoms with E-state index in [9.17, 15) is 4.79 Å². The lowest BCUT2D eigenvalue weighted by Crippen LogP contribution is -1.97. The van der Waals surface area contributed by atoms with Crippen LogP contribution in [0.5, 0.6) is 0 Å². The van der Waals surface area contributed by atoms with Gasteiger partial charge in [-0.05, 0) is 6.07 Å². The summed E-state index contributed by atoms with van der Waals surface area (Å²) in [5.41, 5.74) is 1.05. The molecular formula is C7H6N2O2. The summed E-state index contributed by atoms with van der Waals surface area (Å²) in [6.07, 6.45) is 4.48. The first-order valence-electron chi connectivity index (χ1n) is 3.26. The number of allylic oxidation sites excluding steroid dienone is 1. The third-order valence-electron chi connectivity index (χ3n) is 1.61. The van der Waals surface area contributed by atoms with Crippen LogP contribution in [-0.2, 0) is 6.42 Å². The van der Waals surface area contributed by atoms with Gasteiger partial charge in [0.05, 0.1) is 0 Å². The Morgan fingerprint density at radius 1 is 1.73 bits per heavy atom. The molecule has 2 heterocycles. The Labute approximate surface area is 62.8 Å². The quantitative estimate of drug-likeness (QED) is 0.638. The lowest BCUT2D eigenvalue weighted by atomic mass is 10.3. The largest absolute Gasteiger partial charge is 0.476 e. The van der Waals surface area contributed by atoms with Crippen molar-refractivity contribution in [3.63, 3.8) is 0 Å². The zero-order chi connectivity index (χ0) is 7.84. The van der Waals surface area contributed by atoms with Gasteiger partial charge in [0.2, 0.25) is 0 Å². The summed E-state index contributed by atoms with van der Waals surface area (Å²) in [5, 5.41) is 12.4. The number of hydrogen-bond donors (Lipinski definition) is 1. The summed E-state index contributed by atoms with van der Waals surface area (Å²) in [6, 6.07) is 1.59. The lowest BCUT2D eigenvalue weighted by molar-refractivity contribution is 0.0690. The highest BCUT2D eigenvalue weighted by molar-refractivity contribution is 5.85. The second kappa shape index (κ2) is 1.95. The monoisotopic (exact) mass is 150 g/mol. The molecule has 1 aliphatic heterocycles. The zero-order valence-electron chi connectivity index (χ0n) is 5.69. The van der Waals surface area contributed by atoms with E-state index in [-0.39, 0.29) is 5.69 Å². The molecule has 0 saturated carbocycles. The molecule has 4 nitrogen and oxygen atoms in total. The fraction of sp³-hybridized carbons (Fsp3) is 0.143. The smallest absolute Gasteiger partial charge is 0.356 e. The van der Waals surface area contributed by atoms with Crippen molar-refractivity contribution >= 4 is 12.2 Å². The minimum atomic E-state index is -0.972. The molecule has 1 aromatic heterocycles. The minimum absolute atomic E-state index is 0.115. The summed E-state index contributed by atoms with van der Waals surface area (Å²) in [7, 11) is 0. The van der Waals surface area contributed by atoms with E-state index in [4.69, 9.17) is 5.11 Å². The number of carbonyl (C=O) groups is 1. The molecule has 0 saturated heterocycles. The fourth-order valence-electron chi connectivity index (χ4n) is 1.09. The van der Waals surface area contributed by atoms with Gasteiger partial charge in [-0.3, -0.25) is 0 Å². The van der Waals surface area contributed by atoms with Crippen LogP contribution < -0.4 is 0 Å². The van der Waals surface area contributed by atoms with Gasteiger partial charge in [-0.2, -0.15) is 5.10 Å². The number of hydrogen-bond acceptors (Lipinski definition) is 2. The first-order chi connectivity index (χ1) is 5.27. The Balaban J connectivity index is 2.49. The summed E-state index contributed by atoms with van der Waals surface area (Å²) < 4.78 is 1.59. The summed E-state index contributed by atoms with van der Waals surface area (Å²) in [4.78, 5) is 10.4. The molecule has 4 heteroatoms. The highest BCUT2D eigenvalue weighted by Crippen LogP contribution is 2.11. The molecule has 0 aliphatic carbocycles. The molecule has 11 heavy (non-hydrogen) atoms. The number of aromatic nitrogens is 2. The molecule has 0 spiro atoms. The van der Waals surface area contributed by atoms with Crippen molar-refractivity contribution in [2.75, 3.05) is 0 Å². The van der Waals surface area contributed by atoms with Crippen molar-refractivity contribution in [1.29, 1.82) is 0 Å². The minimum Gasteiger partial charge on any atom is -0.476 e. The van der Waals surface area contributed by atoms with Crippen molar-refractivity contribution in [2.24, 2.45) is 0 Å². The van der Waals surface area contributed by atoms with Crippen molar-refractivity contribution in [3.05, 3.63) is 23.5 Å². The van der Waals surface area contributed by atoms with E-state index in [0.29, 0.717) is 0 Å². The standard InChI is InChI=1S/C7H6N2O2/c10-7(11)6-4-5-2-1-3-9(5)8-6/h1,3-4H,2H2,(H,10,11). The normalized spacial score (nSPS) is 13.5. The second-order valence-corrected chi connectivity index (χ2v) is 2.36. The zero-order valence-corrected chi connectivity index (χ0v) is 5.69. The van der Waals surface area contributed by atoms with Gasteiger partial charge in [0.15, 0.2) is 5.69 Å². The summed E-state index contributed by atoms with van der Waals surface area (Å²) in [6.45, 7) is 0. The van der Waals surface area contributed by atoms with E-state index in [2.05, 4.69) is 5.10 Å². The molecule has 0 radical (unpaired) electrons. The predicted octanol–water partition coefficient (Wildman–Crippen LogP) is 0.608. The van der Waals surface area contributed by atoms with Gasteiger partial charge in [0, 0.05) is 18.3 Å². The third-order valence-corrected chi connectivity index (χ3v) is 1.61. The maximum absolute atomic E-state index is 10.4. The van der Waals surface area contributed by atoms with Gasteiger partial charge in [0.1, 0.15) is 0 Å². The maximum atomic E-state index is 10.4. The first kappa shape index (κ1) is 6.15. The first-order valence-corrected chi connectivity index (χ1v) is 3.26. The van der Waals surface area contributed by atoms with Crippen LogP contribution in [0.1, 0.15) is 16.2 Å². The highest BCUT2D eigenvalue weighted by Gasteiger charge is 2.13. The Hall–Kier alpha value is -1.58. The molecule has 1 aliphatic rings. The Bertz CT molecular complexity index is 338. The van der Waals surface area contributed by atoms with Crippen LogP contribution in [0.15, 0.2) is 12.1 Å². The Kier molecular flexibility index (Phi) is 1.09. The summed E-state index contributed by atoms with van der Waals surface area (Å²) in [5.74, 6) is -0.972. The molecule has 56 valence electrons. The lowest BCUT2D eigenvalue weighted by Gasteiger charge is -1.86.